The van der Waals surface area contributed by atoms with Crippen molar-refractivity contribution < 1.29 is 14.6 Å². The Morgan fingerprint density at radius 3 is 2.72 bits per heavy atom. The Balaban J connectivity index is 2.50. The first-order valence-corrected chi connectivity index (χ1v) is 5.54. The van der Waals surface area contributed by atoms with Gasteiger partial charge in [-0.1, -0.05) is 11.6 Å². The van der Waals surface area contributed by atoms with Crippen LogP contribution in [0.4, 0.5) is 0 Å². The highest BCUT2D eigenvalue weighted by atomic mass is 35.5. The van der Waals surface area contributed by atoms with Crippen molar-refractivity contribution in [3.05, 3.63) is 34.5 Å². The highest BCUT2D eigenvalue weighted by Gasteiger charge is 2.13. The number of ether oxygens (including phenoxy) is 1. The molecular formula is C12H11ClN2O3. The zero-order valence-corrected chi connectivity index (χ0v) is 10.6. The SMILES string of the molecule is COc1cc(C)c(-c2cc(C(=O)O)[nH]n2)cc1Cl. The lowest BCUT2D eigenvalue weighted by atomic mass is 10.1. The van der Waals surface area contributed by atoms with E-state index in [2.05, 4.69) is 10.2 Å². The molecule has 5 nitrogen and oxygen atoms in total. The van der Waals surface area contributed by atoms with Crippen molar-refractivity contribution >= 4 is 17.6 Å². The fourth-order valence-corrected chi connectivity index (χ4v) is 1.90. The van der Waals surface area contributed by atoms with Crippen LogP contribution in [-0.2, 0) is 0 Å². The number of aromatic amines is 1. The predicted octanol–water partition coefficient (Wildman–Crippen LogP) is 2.75. The second-order valence-corrected chi connectivity index (χ2v) is 4.18. The number of carbonyl (C=O) groups is 1. The van der Waals surface area contributed by atoms with Gasteiger partial charge in [0, 0.05) is 5.56 Å². The third-order valence-corrected chi connectivity index (χ3v) is 2.88. The molecule has 0 saturated carbocycles. The molecule has 0 unspecified atom stereocenters. The van der Waals surface area contributed by atoms with Crippen LogP contribution in [0.25, 0.3) is 11.3 Å². The second kappa shape index (κ2) is 4.70. The molecule has 0 radical (unpaired) electrons. The third-order valence-electron chi connectivity index (χ3n) is 2.58. The van der Waals surface area contributed by atoms with Crippen LogP contribution in [0.3, 0.4) is 0 Å². The molecule has 0 saturated heterocycles. The normalized spacial score (nSPS) is 10.4. The number of benzene rings is 1. The zero-order valence-electron chi connectivity index (χ0n) is 9.82. The van der Waals surface area contributed by atoms with E-state index in [0.717, 1.165) is 11.1 Å². The number of methoxy groups -OCH3 is 1. The van der Waals surface area contributed by atoms with Gasteiger partial charge in [0.15, 0.2) is 0 Å². The van der Waals surface area contributed by atoms with Gasteiger partial charge in [-0.05, 0) is 30.7 Å². The van der Waals surface area contributed by atoms with Crippen LogP contribution in [-0.4, -0.2) is 28.4 Å². The number of aromatic carboxylic acids is 1. The van der Waals surface area contributed by atoms with Crippen LogP contribution >= 0.6 is 11.6 Å². The Morgan fingerprint density at radius 2 is 2.17 bits per heavy atom. The van der Waals surface area contributed by atoms with E-state index in [4.69, 9.17) is 21.4 Å². The zero-order chi connectivity index (χ0) is 13.3. The molecule has 0 atom stereocenters. The maximum Gasteiger partial charge on any atom is 0.353 e. The number of rotatable bonds is 3. The third kappa shape index (κ3) is 2.17. The van der Waals surface area contributed by atoms with Gasteiger partial charge in [0.2, 0.25) is 0 Å². The lowest BCUT2D eigenvalue weighted by molar-refractivity contribution is 0.0690. The predicted molar refractivity (Wildman–Crippen MR) is 67.3 cm³/mol. The summed E-state index contributed by atoms with van der Waals surface area (Å²) < 4.78 is 5.11. The van der Waals surface area contributed by atoms with Gasteiger partial charge in [0.25, 0.3) is 0 Å². The Labute approximate surface area is 108 Å². The minimum absolute atomic E-state index is 0.0383. The Kier molecular flexibility index (Phi) is 3.25. The molecule has 1 aromatic heterocycles. The fraction of sp³-hybridized carbons (Fsp3) is 0.167. The van der Waals surface area contributed by atoms with Gasteiger partial charge in [-0.25, -0.2) is 4.79 Å². The number of hydrogen-bond acceptors (Lipinski definition) is 3. The Morgan fingerprint density at radius 1 is 1.44 bits per heavy atom. The number of halogens is 1. The van der Waals surface area contributed by atoms with E-state index in [-0.39, 0.29) is 5.69 Å². The highest BCUT2D eigenvalue weighted by molar-refractivity contribution is 6.32. The number of nitrogens with one attached hydrogen (secondary N) is 1. The number of carboxylic acid groups (broad SMARTS) is 1. The summed E-state index contributed by atoms with van der Waals surface area (Å²) in [6.45, 7) is 1.88. The summed E-state index contributed by atoms with van der Waals surface area (Å²) in [5, 5.41) is 15.7. The molecule has 1 aromatic carbocycles. The van der Waals surface area contributed by atoms with Crippen molar-refractivity contribution in [2.75, 3.05) is 7.11 Å². The van der Waals surface area contributed by atoms with Gasteiger partial charge in [0.05, 0.1) is 17.8 Å². The second-order valence-electron chi connectivity index (χ2n) is 3.77. The molecule has 0 aliphatic carbocycles. The van der Waals surface area contributed by atoms with E-state index in [1.807, 2.05) is 6.92 Å². The van der Waals surface area contributed by atoms with E-state index >= 15 is 0 Å². The number of nitrogens with zero attached hydrogens (tertiary/aromatic N) is 1. The summed E-state index contributed by atoms with van der Waals surface area (Å²) in [7, 11) is 1.54. The highest BCUT2D eigenvalue weighted by Crippen LogP contribution is 2.32. The summed E-state index contributed by atoms with van der Waals surface area (Å²) in [6, 6.07) is 4.96. The maximum absolute atomic E-state index is 10.8. The van der Waals surface area contributed by atoms with Crippen LogP contribution < -0.4 is 4.74 Å². The molecule has 94 valence electrons. The average molecular weight is 267 g/mol. The first kappa shape index (κ1) is 12.4. The fourth-order valence-electron chi connectivity index (χ4n) is 1.66. The van der Waals surface area contributed by atoms with Gasteiger partial charge < -0.3 is 9.84 Å². The van der Waals surface area contributed by atoms with E-state index in [1.54, 1.807) is 12.1 Å². The molecule has 0 fully saturated rings. The molecule has 2 rings (SSSR count). The molecular weight excluding hydrogens is 256 g/mol. The van der Waals surface area contributed by atoms with Crippen molar-refractivity contribution in [1.29, 1.82) is 0 Å². The summed E-state index contributed by atoms with van der Waals surface area (Å²) >= 11 is 6.04. The molecule has 18 heavy (non-hydrogen) atoms. The van der Waals surface area contributed by atoms with Crippen molar-refractivity contribution in [2.24, 2.45) is 0 Å². The number of aryl methyl sites for hydroxylation is 1. The van der Waals surface area contributed by atoms with Gasteiger partial charge in [0.1, 0.15) is 11.4 Å². The largest absolute Gasteiger partial charge is 0.495 e. The number of hydrogen-bond donors (Lipinski definition) is 2. The van der Waals surface area contributed by atoms with Crippen LogP contribution in [0.2, 0.25) is 5.02 Å². The van der Waals surface area contributed by atoms with Gasteiger partial charge >= 0.3 is 5.97 Å². The minimum atomic E-state index is -1.05. The van der Waals surface area contributed by atoms with Crippen molar-refractivity contribution in [3.63, 3.8) is 0 Å². The summed E-state index contributed by atoms with van der Waals surface area (Å²) in [5.74, 6) is -0.474. The first-order chi connectivity index (χ1) is 8.52. The standard InChI is InChI=1S/C12H11ClN2O3/c1-6-3-11(18-2)8(13)4-7(6)9-5-10(12(16)17)15-14-9/h3-5H,1-2H3,(H,14,15)(H,16,17). The Hall–Kier alpha value is -2.01. The molecule has 0 spiro atoms. The molecule has 0 bridgehead atoms. The summed E-state index contributed by atoms with van der Waals surface area (Å²) in [5.41, 5.74) is 2.25. The first-order valence-electron chi connectivity index (χ1n) is 5.16. The van der Waals surface area contributed by atoms with Crippen molar-refractivity contribution in [2.45, 2.75) is 6.92 Å². The topological polar surface area (TPSA) is 75.2 Å². The smallest absolute Gasteiger partial charge is 0.353 e. The van der Waals surface area contributed by atoms with Gasteiger partial charge in [-0.2, -0.15) is 5.10 Å². The van der Waals surface area contributed by atoms with Crippen LogP contribution in [0.1, 0.15) is 16.1 Å². The molecule has 2 N–H and O–H groups in total. The molecule has 2 aromatic rings. The van der Waals surface area contributed by atoms with Crippen molar-refractivity contribution in [3.8, 4) is 17.0 Å². The van der Waals surface area contributed by atoms with Crippen LogP contribution in [0.5, 0.6) is 5.75 Å². The molecule has 0 aliphatic heterocycles. The number of H-pyrrole nitrogens is 1. The molecule has 6 heteroatoms. The summed E-state index contributed by atoms with van der Waals surface area (Å²) in [6.07, 6.45) is 0. The average Bonchev–Trinajstić information content (AvgIpc) is 2.81. The van der Waals surface area contributed by atoms with Gasteiger partial charge in [-0.15, -0.1) is 0 Å². The number of carboxylic acids is 1. The molecule has 0 aliphatic rings. The number of aromatic nitrogens is 2. The minimum Gasteiger partial charge on any atom is -0.495 e. The van der Waals surface area contributed by atoms with Crippen molar-refractivity contribution in [1.82, 2.24) is 10.2 Å². The van der Waals surface area contributed by atoms with Gasteiger partial charge in [-0.3, -0.25) is 5.10 Å². The lowest BCUT2D eigenvalue weighted by Gasteiger charge is -2.08. The summed E-state index contributed by atoms with van der Waals surface area (Å²) in [4.78, 5) is 10.8. The van der Waals surface area contributed by atoms with E-state index < -0.39 is 5.97 Å². The monoisotopic (exact) mass is 266 g/mol. The lowest BCUT2D eigenvalue weighted by Crippen LogP contribution is -1.95. The molecule has 1 heterocycles. The van der Waals surface area contributed by atoms with E-state index in [1.165, 1.54) is 13.2 Å². The molecule has 0 amide bonds. The van der Waals surface area contributed by atoms with E-state index in [0.29, 0.717) is 16.5 Å². The van der Waals surface area contributed by atoms with Crippen LogP contribution in [0.15, 0.2) is 18.2 Å². The quantitative estimate of drug-likeness (QED) is 0.896. The Bertz CT molecular complexity index is 607. The maximum atomic E-state index is 10.8. The van der Waals surface area contributed by atoms with E-state index in [9.17, 15) is 4.79 Å². The van der Waals surface area contributed by atoms with Crippen LogP contribution in [0, 0.1) is 6.92 Å².